The van der Waals surface area contributed by atoms with Crippen molar-refractivity contribution < 1.29 is 43.2 Å². The minimum Gasteiger partial charge on any atom is -0.495 e. The molecule has 36 heteroatoms. The SMILES string of the molecule is C=CC(=O)Nc1cc(N)c(OC)cc1N1CCC(N(C)C)CC1.C=CC(=O)Nc1cc(Nc2nc(-c3cn(C)c4ccccc34)c3ccn(CO)c3n2)c(OC)cc1N1CCC(N(C)C)CC1.C=CC(=O)Nc1cc(Nc2nc(-c3cn(C)c4ccccc34)c3ccn(COCC[Si](C)(C)C)c3n2)c(OC)cc1N1CCC(N(C)C)CC1.Cn1cc(-c2nc(Cl)nc3c2ccn3COCC[Si](C)(C)C)c2ccccc21. The van der Waals surface area contributed by atoms with E-state index in [0.717, 1.165) is 207 Å². The number of hydrogen-bond acceptors (Lipinski definition) is 24. The second-order valence-electron chi connectivity index (χ2n) is 40.2. The molecule has 3 saturated heterocycles. The second kappa shape index (κ2) is 46.4. The van der Waals surface area contributed by atoms with Gasteiger partial charge in [0.1, 0.15) is 54.4 Å². The lowest BCUT2D eigenvalue weighted by Gasteiger charge is -2.37. The Kier molecular flexibility index (Phi) is 33.8. The Hall–Kier alpha value is -13.9. The maximum atomic E-state index is 12.7. The van der Waals surface area contributed by atoms with E-state index in [4.69, 9.17) is 61.0 Å². The maximum Gasteiger partial charge on any atom is 0.247 e. The number of benzene rings is 6. The van der Waals surface area contributed by atoms with Crippen LogP contribution in [0.1, 0.15) is 38.5 Å². The minimum absolute atomic E-state index is 0.227. The highest BCUT2D eigenvalue weighted by atomic mass is 35.5. The summed E-state index contributed by atoms with van der Waals surface area (Å²) in [5.74, 6) is 1.71. The van der Waals surface area contributed by atoms with E-state index in [-0.39, 0.29) is 29.7 Å². The highest BCUT2D eigenvalue weighted by Gasteiger charge is 2.32. The topological polar surface area (TPSA) is 330 Å². The molecule has 764 valence electrons. The number of nitrogens with two attached hydrogens (primary N) is 1. The molecule has 0 radical (unpaired) electrons. The van der Waals surface area contributed by atoms with Gasteiger partial charge in [-0.25, -0.2) is 15.0 Å². The fourth-order valence-corrected chi connectivity index (χ4v) is 20.8. The molecule has 0 bridgehead atoms. The number of nitrogen functional groups attached to an aromatic ring is 1. The lowest BCUT2D eigenvalue weighted by molar-refractivity contribution is -0.112. The van der Waals surface area contributed by atoms with Crippen LogP contribution >= 0.6 is 11.6 Å². The number of aliphatic hydroxyl groups is 1. The van der Waals surface area contributed by atoms with Crippen LogP contribution in [0.25, 0.3) is 99.6 Å². The number of rotatable bonds is 33. The number of fused-ring (bicyclic) bond motifs is 6. The molecule has 0 unspecified atom stereocenters. The first-order valence-electron chi connectivity index (χ1n) is 49.2. The summed E-state index contributed by atoms with van der Waals surface area (Å²) in [7, 11) is 21.3. The van der Waals surface area contributed by atoms with Gasteiger partial charge in [-0.15, -0.1) is 0 Å². The summed E-state index contributed by atoms with van der Waals surface area (Å²) in [4.78, 5) is 79.5. The maximum absolute atomic E-state index is 12.7. The van der Waals surface area contributed by atoms with Crippen LogP contribution in [0.3, 0.4) is 0 Å². The first kappa shape index (κ1) is 105. The van der Waals surface area contributed by atoms with Gasteiger partial charge in [0.15, 0.2) is 0 Å². The number of hydrogen-bond donors (Lipinski definition) is 7. The highest BCUT2D eigenvalue weighted by Crippen LogP contribution is 2.46. The van der Waals surface area contributed by atoms with E-state index in [9.17, 15) is 19.5 Å². The van der Waals surface area contributed by atoms with Crippen molar-refractivity contribution in [3.63, 3.8) is 0 Å². The molecule has 3 aliphatic rings. The number of nitrogens with one attached hydrogen (secondary N) is 5. The number of para-hydroxylation sites is 3. The van der Waals surface area contributed by atoms with E-state index in [1.807, 2.05) is 108 Å². The molecule has 0 saturated carbocycles. The van der Waals surface area contributed by atoms with Gasteiger partial charge in [-0.2, -0.15) is 15.0 Å². The summed E-state index contributed by atoms with van der Waals surface area (Å²) in [6.45, 7) is 32.3. The predicted molar refractivity (Wildman–Crippen MR) is 597 cm³/mol. The van der Waals surface area contributed by atoms with Crippen LogP contribution in [0.5, 0.6) is 17.2 Å². The monoisotopic (exact) mass is 2020 g/mol. The molecule has 145 heavy (non-hydrogen) atoms. The molecule has 3 fully saturated rings. The fraction of sp³-hybridized carbons (Fsp3) is 0.367. The lowest BCUT2D eigenvalue weighted by Crippen LogP contribution is -2.42. The van der Waals surface area contributed by atoms with Crippen molar-refractivity contribution in [2.45, 2.75) is 128 Å². The smallest absolute Gasteiger partial charge is 0.247 e. The van der Waals surface area contributed by atoms with Crippen LogP contribution in [-0.2, 0) is 65.2 Å². The molecular formula is C109H139ClN24O9Si2. The largest absolute Gasteiger partial charge is 0.495 e. The molecule has 6 aromatic carbocycles. The first-order valence-corrected chi connectivity index (χ1v) is 57.0. The van der Waals surface area contributed by atoms with Gasteiger partial charge in [0, 0.05) is 229 Å². The van der Waals surface area contributed by atoms with Gasteiger partial charge >= 0.3 is 0 Å². The zero-order chi connectivity index (χ0) is 103. The van der Waals surface area contributed by atoms with Gasteiger partial charge in [-0.05, 0) is 177 Å². The number of aryl methyl sites for hydroxylation is 3. The quantitative estimate of drug-likeness (QED) is 0.00660. The Balaban J connectivity index is 0.000000152. The second-order valence-corrected chi connectivity index (χ2v) is 51.8. The molecule has 3 amide bonds. The van der Waals surface area contributed by atoms with E-state index < -0.39 is 16.1 Å². The molecule has 0 aliphatic carbocycles. The number of nitrogens with zero attached hydrogens (tertiary/aromatic N) is 18. The molecule has 3 aliphatic heterocycles. The first-order chi connectivity index (χ1) is 69.5. The van der Waals surface area contributed by atoms with Gasteiger partial charge in [0.25, 0.3) is 0 Å². The predicted octanol–water partition coefficient (Wildman–Crippen LogP) is 19.7. The number of carbonyl (C=O) groups is 3. The lowest BCUT2D eigenvalue weighted by atomic mass is 10.0. The molecular weight excluding hydrogens is 1880 g/mol. The molecule has 12 heterocycles. The van der Waals surface area contributed by atoms with Crippen LogP contribution < -0.4 is 61.2 Å². The highest BCUT2D eigenvalue weighted by molar-refractivity contribution is 6.76. The third kappa shape index (κ3) is 24.7. The number of ether oxygens (including phenoxy) is 5. The summed E-state index contributed by atoms with van der Waals surface area (Å²) in [5.41, 5.74) is 23.3. The Morgan fingerprint density at radius 1 is 0.434 bits per heavy atom. The average molecular weight is 2020 g/mol. The molecule has 0 spiro atoms. The zero-order valence-electron chi connectivity index (χ0n) is 86.8. The molecule has 9 aromatic heterocycles. The Bertz CT molecular complexity index is 7180. The van der Waals surface area contributed by atoms with Gasteiger partial charge in [-0.3, -0.25) is 14.4 Å². The number of halogens is 1. The molecule has 15 aromatic rings. The van der Waals surface area contributed by atoms with Crippen LogP contribution in [0.15, 0.2) is 203 Å². The summed E-state index contributed by atoms with van der Waals surface area (Å²) in [5, 5.41) is 32.1. The van der Waals surface area contributed by atoms with E-state index in [1.165, 1.54) is 18.2 Å². The minimum atomic E-state index is -1.23. The van der Waals surface area contributed by atoms with E-state index in [2.05, 4.69) is 255 Å². The summed E-state index contributed by atoms with van der Waals surface area (Å²) < 4.78 is 41.2. The van der Waals surface area contributed by atoms with E-state index in [1.54, 1.807) is 38.2 Å². The van der Waals surface area contributed by atoms with Gasteiger partial charge in [-0.1, -0.05) is 114 Å². The van der Waals surface area contributed by atoms with Crippen molar-refractivity contribution in [1.29, 1.82) is 0 Å². The Labute approximate surface area is 855 Å². The summed E-state index contributed by atoms with van der Waals surface area (Å²) in [6, 6.07) is 46.0. The zero-order valence-corrected chi connectivity index (χ0v) is 89.6. The number of methoxy groups -OCH3 is 3. The van der Waals surface area contributed by atoms with Crippen molar-refractivity contribution in [2.24, 2.45) is 21.1 Å². The number of carbonyl (C=O) groups excluding carboxylic acids is 3. The van der Waals surface area contributed by atoms with Crippen molar-refractivity contribution in [3.8, 4) is 51.0 Å². The Morgan fingerprint density at radius 2 is 0.752 bits per heavy atom. The van der Waals surface area contributed by atoms with Crippen LogP contribution in [-0.4, -0.2) is 245 Å². The van der Waals surface area contributed by atoms with Crippen molar-refractivity contribution >= 4 is 174 Å². The number of piperidine rings is 3. The van der Waals surface area contributed by atoms with Crippen molar-refractivity contribution in [2.75, 3.05) is 163 Å². The standard InChI is InChI=1S/C38H50N8O3Si.C33H38N8O3.C21H25ClN4OSi.C17H26N4O2/c1-9-35(47)39-30-22-31(34(48-5)23-33(30)45-17-14-26(15-18-45)43(2)3)40-38-41-36(29-24-44(4)32-13-11-10-12-27(29)32)28-16-19-46(37(28)42-38)25-49-20-21-50(6,7)8;1-6-30(43)34-25-17-26(29(44-5)18-28(25)40-14-11-21(12-15-40)38(2)3)35-33-36-31(23-13-16-41(20-42)32(23)37-33)24-19-39(4)27-10-8-7-9-22(24)27;1-25-13-17(15-7-5-6-8-18(15)25)19-16-9-10-26(20(16)24-21(22)23-19)14-27-11-12-28(2,3)4;1-5-17(22)19-14-10-13(18)16(23-4)11-15(14)21-8-6-12(7-9-21)20(2)3/h9-13,16,19,22-24,26H,1,14-15,17-18,20-21,25H2,2-8H3,(H,39,47)(H,40,41,42);6-10,13,16-19,21,42H,1,11-12,14-15,20H2,2-5H3,(H,34,43)(H,35,36,37);5-10,13H,11-12,14H2,1-4H3;5,10-12H,1,6-9,18H2,2-4H3,(H,19,22). The van der Waals surface area contributed by atoms with Gasteiger partial charge in [0.2, 0.25) is 34.9 Å². The van der Waals surface area contributed by atoms with E-state index in [0.29, 0.717) is 107 Å². The van der Waals surface area contributed by atoms with Crippen LogP contribution in [0.2, 0.25) is 56.7 Å². The molecule has 33 nitrogen and oxygen atoms in total. The van der Waals surface area contributed by atoms with E-state index >= 15 is 0 Å². The summed E-state index contributed by atoms with van der Waals surface area (Å²) in [6.07, 6.45) is 22.1. The van der Waals surface area contributed by atoms with Gasteiger partial charge < -0.3 is 118 Å². The Morgan fingerprint density at radius 3 is 1.08 bits per heavy atom. The van der Waals surface area contributed by atoms with Crippen molar-refractivity contribution in [1.82, 2.24) is 72.0 Å². The third-order valence-electron chi connectivity index (χ3n) is 27.3. The normalized spacial score (nSPS) is 14.0. The molecule has 0 atom stereocenters. The molecule has 18 rings (SSSR count). The number of amides is 3. The summed E-state index contributed by atoms with van der Waals surface area (Å²) >= 11 is 6.30. The third-order valence-corrected chi connectivity index (χ3v) is 30.9. The van der Waals surface area contributed by atoms with Crippen LogP contribution in [0.4, 0.5) is 63.1 Å². The van der Waals surface area contributed by atoms with Crippen molar-refractivity contribution in [3.05, 3.63) is 208 Å². The average Bonchev–Trinajstić information content (AvgIpc) is 1.62. The number of anilines is 11. The number of aromatic nitrogens is 12. The van der Waals surface area contributed by atoms with Gasteiger partial charge in [0.05, 0.1) is 89.6 Å². The number of aliphatic hydroxyl groups excluding tert-OH is 1. The fourth-order valence-electron chi connectivity index (χ4n) is 19.1. The van der Waals surface area contributed by atoms with Crippen LogP contribution in [0, 0.1) is 0 Å². The molecule has 8 N–H and O–H groups in total.